The first-order chi connectivity index (χ1) is 7.63. The molecule has 5 heteroatoms. The number of methoxy groups -OCH3 is 1. The molecule has 0 aliphatic heterocycles. The third kappa shape index (κ3) is 2.57. The van der Waals surface area contributed by atoms with Crippen molar-refractivity contribution in [3.05, 3.63) is 29.3 Å². The van der Waals surface area contributed by atoms with Gasteiger partial charge in [0.1, 0.15) is 18.0 Å². The molecule has 16 heavy (non-hydrogen) atoms. The Balaban J connectivity index is 3.08. The lowest BCUT2D eigenvalue weighted by Crippen LogP contribution is -2.23. The van der Waals surface area contributed by atoms with Crippen molar-refractivity contribution in [3.63, 3.8) is 0 Å². The van der Waals surface area contributed by atoms with Gasteiger partial charge >= 0.3 is 0 Å². The first-order valence-corrected chi connectivity index (χ1v) is 4.74. The number of carbonyl (C=O) groups is 1. The number of aliphatic hydroxyl groups excluding tert-OH is 3. The third-order valence-corrected chi connectivity index (χ3v) is 2.29. The second kappa shape index (κ2) is 5.60. The minimum atomic E-state index is -1.31. The summed E-state index contributed by atoms with van der Waals surface area (Å²) >= 11 is 0. The molecule has 0 aliphatic rings. The van der Waals surface area contributed by atoms with Crippen LogP contribution in [0.25, 0.3) is 0 Å². The van der Waals surface area contributed by atoms with Crippen LogP contribution in [0.4, 0.5) is 0 Å². The van der Waals surface area contributed by atoms with Crippen LogP contribution >= 0.6 is 0 Å². The van der Waals surface area contributed by atoms with Crippen LogP contribution in [0.5, 0.6) is 5.75 Å². The molecule has 0 bridgehead atoms. The lowest BCUT2D eigenvalue weighted by atomic mass is 9.99. The number of aliphatic hydroxyl groups is 3. The normalized spacial score (nSPS) is 14.2. The van der Waals surface area contributed by atoms with Crippen LogP contribution in [0.15, 0.2) is 18.2 Å². The SMILES string of the molecule is COc1ccc(C(O)C(O)CO)c(C=O)c1. The van der Waals surface area contributed by atoms with Gasteiger partial charge in [-0.3, -0.25) is 4.79 Å². The van der Waals surface area contributed by atoms with Gasteiger partial charge in [-0.2, -0.15) is 0 Å². The quantitative estimate of drug-likeness (QED) is 0.610. The zero-order chi connectivity index (χ0) is 12.1. The van der Waals surface area contributed by atoms with E-state index in [-0.39, 0.29) is 11.1 Å². The molecule has 1 aromatic carbocycles. The highest BCUT2D eigenvalue weighted by Gasteiger charge is 2.20. The lowest BCUT2D eigenvalue weighted by molar-refractivity contribution is -0.0154. The summed E-state index contributed by atoms with van der Waals surface area (Å²) < 4.78 is 4.93. The molecule has 0 aromatic heterocycles. The van der Waals surface area contributed by atoms with Crippen LogP contribution in [0.2, 0.25) is 0 Å². The standard InChI is InChI=1S/C11H14O5/c1-16-8-2-3-9(7(4-8)5-12)11(15)10(14)6-13/h2-5,10-11,13-15H,6H2,1H3. The summed E-state index contributed by atoms with van der Waals surface area (Å²) in [6.07, 6.45) is -2.05. The molecule has 0 amide bonds. The largest absolute Gasteiger partial charge is 0.497 e. The molecule has 2 unspecified atom stereocenters. The molecule has 0 saturated carbocycles. The third-order valence-electron chi connectivity index (χ3n) is 2.29. The second-order valence-corrected chi connectivity index (χ2v) is 3.31. The van der Waals surface area contributed by atoms with Crippen molar-refractivity contribution >= 4 is 6.29 Å². The maximum absolute atomic E-state index is 10.8. The van der Waals surface area contributed by atoms with E-state index in [0.29, 0.717) is 12.0 Å². The second-order valence-electron chi connectivity index (χ2n) is 3.31. The molecule has 0 radical (unpaired) electrons. The Morgan fingerprint density at radius 3 is 2.62 bits per heavy atom. The van der Waals surface area contributed by atoms with Crippen molar-refractivity contribution in [3.8, 4) is 5.75 Å². The smallest absolute Gasteiger partial charge is 0.150 e. The molecule has 0 aliphatic carbocycles. The number of benzene rings is 1. The topological polar surface area (TPSA) is 87.0 Å². The van der Waals surface area contributed by atoms with E-state index in [0.717, 1.165) is 0 Å². The summed E-state index contributed by atoms with van der Waals surface area (Å²) in [5, 5.41) is 27.6. The Kier molecular flexibility index (Phi) is 4.42. The van der Waals surface area contributed by atoms with E-state index in [4.69, 9.17) is 9.84 Å². The lowest BCUT2D eigenvalue weighted by Gasteiger charge is -2.17. The fourth-order valence-corrected chi connectivity index (χ4v) is 1.36. The summed E-state index contributed by atoms with van der Waals surface area (Å²) in [5.74, 6) is 0.483. The van der Waals surface area contributed by atoms with Crippen LogP contribution in [-0.2, 0) is 0 Å². The number of carbonyl (C=O) groups excluding carboxylic acids is 1. The van der Waals surface area contributed by atoms with Crippen molar-refractivity contribution in [2.75, 3.05) is 13.7 Å². The van der Waals surface area contributed by atoms with E-state index in [9.17, 15) is 15.0 Å². The van der Waals surface area contributed by atoms with Gasteiger partial charge in [0.15, 0.2) is 6.29 Å². The predicted molar refractivity (Wildman–Crippen MR) is 56.4 cm³/mol. The van der Waals surface area contributed by atoms with Gasteiger partial charge < -0.3 is 20.1 Å². The maximum Gasteiger partial charge on any atom is 0.150 e. The summed E-state index contributed by atoms with van der Waals surface area (Å²) in [5.41, 5.74) is 0.483. The zero-order valence-electron chi connectivity index (χ0n) is 8.83. The molecule has 1 aromatic rings. The van der Waals surface area contributed by atoms with E-state index < -0.39 is 18.8 Å². The summed E-state index contributed by atoms with van der Waals surface area (Å²) in [6, 6.07) is 4.50. The fourth-order valence-electron chi connectivity index (χ4n) is 1.36. The number of aldehydes is 1. The molecule has 5 nitrogen and oxygen atoms in total. The van der Waals surface area contributed by atoms with Gasteiger partial charge in [0.2, 0.25) is 0 Å². The first kappa shape index (κ1) is 12.6. The Labute approximate surface area is 92.9 Å². The average Bonchev–Trinajstić information content (AvgIpc) is 2.35. The highest BCUT2D eigenvalue weighted by molar-refractivity contribution is 5.78. The highest BCUT2D eigenvalue weighted by Crippen LogP contribution is 2.24. The Bertz CT molecular complexity index is 363. The Morgan fingerprint density at radius 1 is 1.44 bits per heavy atom. The minimum absolute atomic E-state index is 0.222. The van der Waals surface area contributed by atoms with Gasteiger partial charge in [0.05, 0.1) is 13.7 Å². The average molecular weight is 226 g/mol. The van der Waals surface area contributed by atoms with Crippen molar-refractivity contribution in [2.24, 2.45) is 0 Å². The van der Waals surface area contributed by atoms with Gasteiger partial charge in [-0.05, 0) is 17.7 Å². The summed E-state index contributed by atoms with van der Waals surface area (Å²) in [6.45, 7) is -0.578. The zero-order valence-corrected chi connectivity index (χ0v) is 8.83. The molecule has 0 fully saturated rings. The fraction of sp³-hybridized carbons (Fsp3) is 0.364. The molecule has 0 spiro atoms. The van der Waals surface area contributed by atoms with Gasteiger partial charge in [0, 0.05) is 5.56 Å². The van der Waals surface area contributed by atoms with Crippen LogP contribution in [0.1, 0.15) is 22.0 Å². The predicted octanol–water partition coefficient (Wildman–Crippen LogP) is -0.106. The molecule has 3 N–H and O–H groups in total. The highest BCUT2D eigenvalue weighted by atomic mass is 16.5. The summed E-state index contributed by atoms with van der Waals surface area (Å²) in [4.78, 5) is 10.8. The Morgan fingerprint density at radius 2 is 2.12 bits per heavy atom. The van der Waals surface area contributed by atoms with Crippen LogP contribution in [0, 0.1) is 0 Å². The van der Waals surface area contributed by atoms with Gasteiger partial charge in [-0.15, -0.1) is 0 Å². The Hall–Kier alpha value is -1.43. The van der Waals surface area contributed by atoms with E-state index in [1.807, 2.05) is 0 Å². The van der Waals surface area contributed by atoms with E-state index in [1.54, 1.807) is 6.07 Å². The number of ether oxygens (including phenoxy) is 1. The van der Waals surface area contributed by atoms with Crippen molar-refractivity contribution in [1.29, 1.82) is 0 Å². The molecule has 2 atom stereocenters. The molecule has 88 valence electrons. The molecular formula is C11H14O5. The van der Waals surface area contributed by atoms with Crippen molar-refractivity contribution in [1.82, 2.24) is 0 Å². The maximum atomic E-state index is 10.8. The van der Waals surface area contributed by atoms with Gasteiger partial charge in [-0.25, -0.2) is 0 Å². The summed E-state index contributed by atoms with van der Waals surface area (Å²) in [7, 11) is 1.46. The van der Waals surface area contributed by atoms with E-state index in [1.165, 1.54) is 19.2 Å². The number of hydrogen-bond donors (Lipinski definition) is 3. The van der Waals surface area contributed by atoms with Crippen molar-refractivity contribution in [2.45, 2.75) is 12.2 Å². The van der Waals surface area contributed by atoms with Crippen LogP contribution in [0.3, 0.4) is 0 Å². The monoisotopic (exact) mass is 226 g/mol. The van der Waals surface area contributed by atoms with Gasteiger partial charge in [0.25, 0.3) is 0 Å². The molecular weight excluding hydrogens is 212 g/mol. The van der Waals surface area contributed by atoms with Gasteiger partial charge in [-0.1, -0.05) is 6.07 Å². The number of hydrogen-bond acceptors (Lipinski definition) is 5. The minimum Gasteiger partial charge on any atom is -0.497 e. The number of rotatable bonds is 5. The molecule has 1 rings (SSSR count). The molecule has 0 saturated heterocycles. The van der Waals surface area contributed by atoms with Crippen LogP contribution < -0.4 is 4.74 Å². The molecule has 0 heterocycles. The van der Waals surface area contributed by atoms with E-state index in [2.05, 4.69) is 0 Å². The first-order valence-electron chi connectivity index (χ1n) is 4.74. The van der Waals surface area contributed by atoms with E-state index >= 15 is 0 Å². The van der Waals surface area contributed by atoms with Crippen LogP contribution in [-0.4, -0.2) is 41.4 Å². The van der Waals surface area contributed by atoms with Crippen molar-refractivity contribution < 1.29 is 24.9 Å².